The van der Waals surface area contributed by atoms with E-state index in [9.17, 15) is 4.79 Å². The molecule has 170 valence electrons. The minimum absolute atomic E-state index is 0.0221. The molecule has 0 unspecified atom stereocenters. The lowest BCUT2D eigenvalue weighted by Gasteiger charge is -2.27. The lowest BCUT2D eigenvalue weighted by molar-refractivity contribution is 0.0952. The third kappa shape index (κ3) is 5.12. The molecule has 0 bridgehead atoms. The number of rotatable bonds is 7. The van der Waals surface area contributed by atoms with Crippen molar-refractivity contribution < 1.29 is 4.79 Å². The predicted molar refractivity (Wildman–Crippen MR) is 136 cm³/mol. The molecule has 1 saturated carbocycles. The van der Waals surface area contributed by atoms with Gasteiger partial charge >= 0.3 is 0 Å². The van der Waals surface area contributed by atoms with Crippen LogP contribution in [0, 0.1) is 12.8 Å². The molecule has 2 aliphatic rings. The number of aryl methyl sites for hydroxylation is 1. The second kappa shape index (κ2) is 9.40. The molecule has 5 rings (SSSR count). The molecule has 1 aliphatic carbocycles. The average Bonchev–Trinajstić information content (AvgIpc) is 3.65. The number of hydrogen-bond acceptors (Lipinski definition) is 3. The van der Waals surface area contributed by atoms with E-state index in [1.165, 1.54) is 40.8 Å². The number of anilines is 2. The number of carbonyl (C=O) groups is 1. The largest absolute Gasteiger partial charge is 0.355 e. The summed E-state index contributed by atoms with van der Waals surface area (Å²) in [5, 5.41) is 6.72. The first-order valence-electron chi connectivity index (χ1n) is 12.1. The lowest BCUT2D eigenvalue weighted by Crippen LogP contribution is -2.26. The summed E-state index contributed by atoms with van der Waals surface area (Å²) in [6, 6.07) is 21.1. The third-order valence-electron chi connectivity index (χ3n) is 6.97. The van der Waals surface area contributed by atoms with Crippen LogP contribution in [0.3, 0.4) is 0 Å². The van der Waals surface area contributed by atoms with Gasteiger partial charge in [0.1, 0.15) is 0 Å². The molecular weight excluding hydrogens is 406 g/mol. The van der Waals surface area contributed by atoms with Crippen LogP contribution in [0.15, 0.2) is 60.7 Å². The summed E-state index contributed by atoms with van der Waals surface area (Å²) in [6.07, 6.45) is 4.81. The summed E-state index contributed by atoms with van der Waals surface area (Å²) in [6.45, 7) is 5.01. The van der Waals surface area contributed by atoms with Crippen LogP contribution in [-0.4, -0.2) is 30.9 Å². The molecule has 0 spiro atoms. The van der Waals surface area contributed by atoms with Crippen LogP contribution in [0.2, 0.25) is 0 Å². The molecule has 3 aromatic carbocycles. The van der Waals surface area contributed by atoms with Crippen molar-refractivity contribution in [3.63, 3.8) is 0 Å². The van der Waals surface area contributed by atoms with Gasteiger partial charge in [-0.25, -0.2) is 0 Å². The Balaban J connectivity index is 1.32. The van der Waals surface area contributed by atoms with Crippen molar-refractivity contribution >= 4 is 17.3 Å². The SMILES string of the molecule is Cc1ccc(Nc2cccc3c2CCN(C)C3)cc1-c1ccc(C(=O)NCCC2CC2)cc1. The summed E-state index contributed by atoms with van der Waals surface area (Å²) >= 11 is 0. The average molecular weight is 440 g/mol. The fraction of sp³-hybridized carbons (Fsp3) is 0.345. The Morgan fingerprint density at radius 1 is 1.06 bits per heavy atom. The highest BCUT2D eigenvalue weighted by molar-refractivity contribution is 5.94. The zero-order valence-electron chi connectivity index (χ0n) is 19.7. The molecule has 4 nitrogen and oxygen atoms in total. The van der Waals surface area contributed by atoms with Crippen LogP contribution in [-0.2, 0) is 13.0 Å². The van der Waals surface area contributed by atoms with E-state index in [-0.39, 0.29) is 5.91 Å². The number of likely N-dealkylation sites (N-methyl/N-ethyl adjacent to an activating group) is 1. The van der Waals surface area contributed by atoms with Gasteiger partial charge in [0, 0.05) is 36.6 Å². The van der Waals surface area contributed by atoms with E-state index in [0.29, 0.717) is 0 Å². The Kier molecular flexibility index (Phi) is 6.19. The maximum Gasteiger partial charge on any atom is 0.251 e. The van der Waals surface area contributed by atoms with Crippen LogP contribution in [0.1, 0.15) is 46.3 Å². The van der Waals surface area contributed by atoms with Gasteiger partial charge in [-0.05, 0) is 90.9 Å². The predicted octanol–water partition coefficient (Wildman–Crippen LogP) is 5.92. The van der Waals surface area contributed by atoms with Crippen molar-refractivity contribution in [2.45, 2.75) is 39.2 Å². The summed E-state index contributed by atoms with van der Waals surface area (Å²) in [5.41, 5.74) is 9.38. The number of nitrogens with zero attached hydrogens (tertiary/aromatic N) is 1. The van der Waals surface area contributed by atoms with E-state index < -0.39 is 0 Å². The van der Waals surface area contributed by atoms with E-state index in [1.54, 1.807) is 0 Å². The van der Waals surface area contributed by atoms with Crippen molar-refractivity contribution in [2.75, 3.05) is 25.5 Å². The van der Waals surface area contributed by atoms with Crippen LogP contribution >= 0.6 is 0 Å². The molecule has 0 aromatic heterocycles. The number of benzene rings is 3. The molecule has 0 radical (unpaired) electrons. The second-order valence-corrected chi connectivity index (χ2v) is 9.65. The van der Waals surface area contributed by atoms with Gasteiger partial charge in [-0.3, -0.25) is 4.79 Å². The fourth-order valence-corrected chi connectivity index (χ4v) is 4.73. The van der Waals surface area contributed by atoms with Crippen LogP contribution in [0.25, 0.3) is 11.1 Å². The topological polar surface area (TPSA) is 44.4 Å². The minimum Gasteiger partial charge on any atom is -0.355 e. The van der Waals surface area contributed by atoms with Gasteiger partial charge in [0.05, 0.1) is 0 Å². The summed E-state index contributed by atoms with van der Waals surface area (Å²) in [7, 11) is 2.18. The second-order valence-electron chi connectivity index (χ2n) is 9.65. The van der Waals surface area contributed by atoms with E-state index in [4.69, 9.17) is 0 Å². The van der Waals surface area contributed by atoms with Crippen molar-refractivity contribution in [3.05, 3.63) is 82.9 Å². The van der Waals surface area contributed by atoms with E-state index in [2.05, 4.69) is 78.0 Å². The molecule has 1 amide bonds. The summed E-state index contributed by atoms with van der Waals surface area (Å²) < 4.78 is 0. The van der Waals surface area contributed by atoms with E-state index in [1.807, 2.05) is 12.1 Å². The van der Waals surface area contributed by atoms with E-state index in [0.717, 1.165) is 55.2 Å². The first-order valence-corrected chi connectivity index (χ1v) is 12.1. The van der Waals surface area contributed by atoms with Gasteiger partial charge in [0.2, 0.25) is 0 Å². The van der Waals surface area contributed by atoms with Crippen molar-refractivity contribution in [1.82, 2.24) is 10.2 Å². The van der Waals surface area contributed by atoms with Gasteiger partial charge in [0.25, 0.3) is 5.91 Å². The molecule has 2 N–H and O–H groups in total. The molecule has 1 aliphatic heterocycles. The molecule has 1 fully saturated rings. The van der Waals surface area contributed by atoms with Crippen molar-refractivity contribution in [2.24, 2.45) is 5.92 Å². The first-order chi connectivity index (χ1) is 16.1. The highest BCUT2D eigenvalue weighted by Crippen LogP contribution is 2.32. The molecule has 0 atom stereocenters. The molecule has 4 heteroatoms. The summed E-state index contributed by atoms with van der Waals surface area (Å²) in [4.78, 5) is 14.8. The zero-order valence-corrected chi connectivity index (χ0v) is 19.7. The third-order valence-corrected chi connectivity index (χ3v) is 6.97. The zero-order chi connectivity index (χ0) is 22.8. The molecule has 3 aromatic rings. The summed E-state index contributed by atoms with van der Waals surface area (Å²) in [5.74, 6) is 0.855. The van der Waals surface area contributed by atoms with Crippen molar-refractivity contribution in [3.8, 4) is 11.1 Å². The molecular formula is C29H33N3O. The molecule has 0 saturated heterocycles. The minimum atomic E-state index is 0.0221. The number of fused-ring (bicyclic) bond motifs is 1. The number of carbonyl (C=O) groups excluding carboxylic acids is 1. The normalized spacial score (nSPS) is 15.7. The van der Waals surface area contributed by atoms with Gasteiger partial charge in [-0.1, -0.05) is 43.2 Å². The Labute approximate surface area is 197 Å². The molecule has 33 heavy (non-hydrogen) atoms. The maximum atomic E-state index is 12.4. The lowest BCUT2D eigenvalue weighted by atomic mass is 9.97. The smallest absolute Gasteiger partial charge is 0.251 e. The standard InChI is InChI=1S/C29H33N3O/c1-20-6-13-25(31-28-5-3-4-24-19-32(2)17-15-26(24)28)18-27(20)22-9-11-23(12-10-22)29(33)30-16-14-21-7-8-21/h3-6,9-13,18,21,31H,7-8,14-17,19H2,1-2H3,(H,30,33). The molecule has 1 heterocycles. The van der Waals surface area contributed by atoms with Gasteiger partial charge < -0.3 is 15.5 Å². The monoisotopic (exact) mass is 439 g/mol. The number of hydrogen-bond donors (Lipinski definition) is 2. The number of nitrogens with one attached hydrogen (secondary N) is 2. The van der Waals surface area contributed by atoms with E-state index >= 15 is 0 Å². The van der Waals surface area contributed by atoms with Crippen LogP contribution in [0.4, 0.5) is 11.4 Å². The van der Waals surface area contributed by atoms with Crippen LogP contribution in [0.5, 0.6) is 0 Å². The Hall–Kier alpha value is -3.11. The van der Waals surface area contributed by atoms with Gasteiger partial charge in [0.15, 0.2) is 0 Å². The quantitative estimate of drug-likeness (QED) is 0.480. The van der Waals surface area contributed by atoms with Gasteiger partial charge in [-0.2, -0.15) is 0 Å². The maximum absolute atomic E-state index is 12.4. The van der Waals surface area contributed by atoms with Crippen molar-refractivity contribution in [1.29, 1.82) is 0 Å². The Morgan fingerprint density at radius 3 is 2.67 bits per heavy atom. The Morgan fingerprint density at radius 2 is 1.88 bits per heavy atom. The first kappa shape index (κ1) is 21.7. The highest BCUT2D eigenvalue weighted by Gasteiger charge is 2.21. The highest BCUT2D eigenvalue weighted by atomic mass is 16.1. The Bertz CT molecular complexity index is 1150. The van der Waals surface area contributed by atoms with Gasteiger partial charge in [-0.15, -0.1) is 0 Å². The fourth-order valence-electron chi connectivity index (χ4n) is 4.73. The van der Waals surface area contributed by atoms with Crippen LogP contribution < -0.4 is 10.6 Å². The number of amides is 1.